The van der Waals surface area contributed by atoms with Crippen LogP contribution in [0, 0.1) is 18.3 Å². The predicted octanol–water partition coefficient (Wildman–Crippen LogP) is 3.32. The normalized spacial score (nSPS) is 29.1. The van der Waals surface area contributed by atoms with Crippen molar-refractivity contribution in [3.05, 3.63) is 23.0 Å². The first kappa shape index (κ1) is 11.1. The highest BCUT2D eigenvalue weighted by Crippen LogP contribution is 2.62. The number of rotatable bonds is 3. The maximum absolute atomic E-state index is 6.27. The van der Waals surface area contributed by atoms with E-state index in [1.165, 1.54) is 62.7 Å². The van der Waals surface area contributed by atoms with Crippen molar-refractivity contribution < 1.29 is 0 Å². The van der Waals surface area contributed by atoms with Crippen molar-refractivity contribution in [2.45, 2.75) is 64.5 Å². The van der Waals surface area contributed by atoms with Crippen molar-refractivity contribution in [1.82, 2.24) is 4.57 Å². The van der Waals surface area contributed by atoms with Gasteiger partial charge >= 0.3 is 0 Å². The maximum Gasteiger partial charge on any atom is 0.0313 e. The molecule has 0 aromatic carbocycles. The lowest BCUT2D eigenvalue weighted by Crippen LogP contribution is -2.21. The average Bonchev–Trinajstić information content (AvgIpc) is 3.23. The average molecular weight is 244 g/mol. The van der Waals surface area contributed by atoms with E-state index in [1.54, 1.807) is 5.69 Å². The molecule has 1 aromatic rings. The highest BCUT2D eigenvalue weighted by atomic mass is 15.0. The van der Waals surface area contributed by atoms with E-state index in [2.05, 4.69) is 17.6 Å². The number of nitrogens with two attached hydrogens (primary N) is 1. The first-order valence-electron chi connectivity index (χ1n) is 7.64. The first-order chi connectivity index (χ1) is 8.70. The molecule has 0 aliphatic heterocycles. The van der Waals surface area contributed by atoms with Crippen LogP contribution in [0.1, 0.15) is 61.5 Å². The molecular formula is C16H24N2. The fourth-order valence-corrected chi connectivity index (χ4v) is 4.09. The van der Waals surface area contributed by atoms with Crippen LogP contribution in [-0.4, -0.2) is 4.57 Å². The quantitative estimate of drug-likeness (QED) is 0.868. The van der Waals surface area contributed by atoms with Gasteiger partial charge in [-0.25, -0.2) is 0 Å². The summed E-state index contributed by atoms with van der Waals surface area (Å²) in [6.07, 6.45) is 9.60. The van der Waals surface area contributed by atoms with Gasteiger partial charge in [0, 0.05) is 24.0 Å². The molecule has 0 saturated heterocycles. The second-order valence-corrected chi connectivity index (χ2v) is 6.91. The molecule has 2 fully saturated rings. The van der Waals surface area contributed by atoms with Gasteiger partial charge in [-0.1, -0.05) is 0 Å². The fraction of sp³-hybridized carbons (Fsp3) is 0.750. The Labute approximate surface area is 110 Å². The Balaban J connectivity index is 1.68. The third-order valence-corrected chi connectivity index (χ3v) is 5.59. The molecule has 2 saturated carbocycles. The summed E-state index contributed by atoms with van der Waals surface area (Å²) >= 11 is 0. The summed E-state index contributed by atoms with van der Waals surface area (Å²) in [5.74, 6) is 1.05. The molecule has 1 unspecified atom stereocenters. The van der Waals surface area contributed by atoms with Gasteiger partial charge in [-0.2, -0.15) is 0 Å². The molecule has 1 aromatic heterocycles. The monoisotopic (exact) mass is 244 g/mol. The zero-order chi connectivity index (χ0) is 12.3. The van der Waals surface area contributed by atoms with Gasteiger partial charge in [0.15, 0.2) is 0 Å². The highest BCUT2D eigenvalue weighted by molar-refractivity contribution is 5.33. The molecule has 3 aliphatic rings. The van der Waals surface area contributed by atoms with Crippen LogP contribution in [-0.2, 0) is 13.0 Å². The molecule has 0 amide bonds. The van der Waals surface area contributed by atoms with Gasteiger partial charge in [-0.15, -0.1) is 0 Å². The molecule has 2 heteroatoms. The summed E-state index contributed by atoms with van der Waals surface area (Å²) in [7, 11) is 0. The van der Waals surface area contributed by atoms with Gasteiger partial charge in [-0.3, -0.25) is 0 Å². The lowest BCUT2D eigenvalue weighted by atomic mass is 9.93. The zero-order valence-corrected chi connectivity index (χ0v) is 11.4. The largest absolute Gasteiger partial charge is 0.348 e. The first-order valence-corrected chi connectivity index (χ1v) is 7.64. The Morgan fingerprint density at radius 2 is 2.11 bits per heavy atom. The molecule has 0 bridgehead atoms. The van der Waals surface area contributed by atoms with Crippen molar-refractivity contribution in [1.29, 1.82) is 0 Å². The van der Waals surface area contributed by atoms with E-state index >= 15 is 0 Å². The summed E-state index contributed by atoms with van der Waals surface area (Å²) in [6, 6.07) is 2.66. The lowest BCUT2D eigenvalue weighted by Gasteiger charge is -2.24. The van der Waals surface area contributed by atoms with Crippen molar-refractivity contribution in [2.75, 3.05) is 0 Å². The van der Waals surface area contributed by atoms with E-state index < -0.39 is 0 Å². The molecule has 18 heavy (non-hydrogen) atoms. The SMILES string of the molecule is Cc1cc2c(n1CC1(C3CC3)CC1)CCCC2N. The Bertz CT molecular complexity index is 478. The van der Waals surface area contributed by atoms with Crippen LogP contribution < -0.4 is 5.73 Å². The second-order valence-electron chi connectivity index (χ2n) is 6.91. The van der Waals surface area contributed by atoms with Gasteiger partial charge in [0.25, 0.3) is 0 Å². The molecule has 1 heterocycles. The van der Waals surface area contributed by atoms with E-state index in [0.717, 1.165) is 5.92 Å². The molecule has 98 valence electrons. The van der Waals surface area contributed by atoms with Crippen LogP contribution in [0.15, 0.2) is 6.07 Å². The van der Waals surface area contributed by atoms with Crippen molar-refractivity contribution >= 4 is 0 Å². The van der Waals surface area contributed by atoms with Gasteiger partial charge < -0.3 is 10.3 Å². The summed E-state index contributed by atoms with van der Waals surface area (Å²) in [4.78, 5) is 0. The number of aromatic nitrogens is 1. The Kier molecular flexibility index (Phi) is 2.24. The van der Waals surface area contributed by atoms with Crippen LogP contribution in [0.2, 0.25) is 0 Å². The van der Waals surface area contributed by atoms with Crippen LogP contribution >= 0.6 is 0 Å². The number of nitrogens with zero attached hydrogens (tertiary/aromatic N) is 1. The standard InChI is InChI=1S/C16H24N2/c1-11-9-13-14(17)3-2-4-15(13)18(11)10-16(7-8-16)12-5-6-12/h9,12,14H,2-8,10,17H2,1H3. The van der Waals surface area contributed by atoms with Crippen molar-refractivity contribution in [3.8, 4) is 0 Å². The molecule has 3 aliphatic carbocycles. The van der Waals surface area contributed by atoms with E-state index in [1.807, 2.05) is 0 Å². The minimum atomic E-state index is 0.296. The minimum Gasteiger partial charge on any atom is -0.348 e. The van der Waals surface area contributed by atoms with Crippen molar-refractivity contribution in [3.63, 3.8) is 0 Å². The molecular weight excluding hydrogens is 220 g/mol. The Hall–Kier alpha value is -0.760. The maximum atomic E-state index is 6.27. The third kappa shape index (κ3) is 1.58. The Morgan fingerprint density at radius 1 is 1.33 bits per heavy atom. The predicted molar refractivity (Wildman–Crippen MR) is 73.4 cm³/mol. The van der Waals surface area contributed by atoms with Gasteiger partial charge in [0.05, 0.1) is 0 Å². The number of hydrogen-bond acceptors (Lipinski definition) is 1. The molecule has 2 nitrogen and oxygen atoms in total. The van der Waals surface area contributed by atoms with Crippen LogP contribution in [0.4, 0.5) is 0 Å². The van der Waals surface area contributed by atoms with E-state index in [9.17, 15) is 0 Å². The number of aryl methyl sites for hydroxylation is 1. The third-order valence-electron chi connectivity index (χ3n) is 5.59. The fourth-order valence-electron chi connectivity index (χ4n) is 4.09. The van der Waals surface area contributed by atoms with Crippen LogP contribution in [0.3, 0.4) is 0 Å². The number of fused-ring (bicyclic) bond motifs is 1. The van der Waals surface area contributed by atoms with E-state index in [-0.39, 0.29) is 0 Å². The van der Waals surface area contributed by atoms with Crippen molar-refractivity contribution in [2.24, 2.45) is 17.1 Å². The Morgan fingerprint density at radius 3 is 2.78 bits per heavy atom. The summed E-state index contributed by atoms with van der Waals surface area (Å²) in [6.45, 7) is 3.56. The molecule has 0 radical (unpaired) electrons. The van der Waals surface area contributed by atoms with E-state index in [4.69, 9.17) is 5.73 Å². The molecule has 2 N–H and O–H groups in total. The topological polar surface area (TPSA) is 30.9 Å². The van der Waals surface area contributed by atoms with Gasteiger partial charge in [0.2, 0.25) is 0 Å². The summed E-state index contributed by atoms with van der Waals surface area (Å²) < 4.78 is 2.62. The van der Waals surface area contributed by atoms with Crippen LogP contribution in [0.5, 0.6) is 0 Å². The summed E-state index contributed by atoms with van der Waals surface area (Å²) in [5, 5.41) is 0. The van der Waals surface area contributed by atoms with E-state index in [0.29, 0.717) is 11.5 Å². The lowest BCUT2D eigenvalue weighted by molar-refractivity contribution is 0.358. The van der Waals surface area contributed by atoms with Crippen LogP contribution in [0.25, 0.3) is 0 Å². The smallest absolute Gasteiger partial charge is 0.0313 e. The number of hydrogen-bond donors (Lipinski definition) is 1. The van der Waals surface area contributed by atoms with Gasteiger partial charge in [-0.05, 0) is 74.8 Å². The zero-order valence-electron chi connectivity index (χ0n) is 11.4. The second kappa shape index (κ2) is 3.63. The molecule has 1 atom stereocenters. The summed E-state index contributed by atoms with van der Waals surface area (Å²) in [5.41, 5.74) is 11.4. The minimum absolute atomic E-state index is 0.296. The van der Waals surface area contributed by atoms with Gasteiger partial charge in [0.1, 0.15) is 0 Å². The molecule has 0 spiro atoms. The highest BCUT2D eigenvalue weighted by Gasteiger charge is 2.54. The molecule has 4 rings (SSSR count).